The van der Waals surface area contributed by atoms with Crippen LogP contribution < -0.4 is 0 Å². The average molecular weight is 261 g/mol. The minimum atomic E-state index is 0.722. The van der Waals surface area contributed by atoms with E-state index >= 15 is 0 Å². The molecular formula is C17H15N3. The standard InChI is InChI=1S/C17H15N3/c1-13-18-16(14-9-5-2-3-6-10-14)20-17(19-13)15-11-7-4-8-12-15/h2-5,7-12H,6H2,1H3. The molecule has 1 aliphatic carbocycles. The van der Waals surface area contributed by atoms with Gasteiger partial charge in [-0.15, -0.1) is 0 Å². The van der Waals surface area contributed by atoms with E-state index in [9.17, 15) is 0 Å². The number of allylic oxidation sites excluding steroid dienone is 6. The molecule has 0 saturated carbocycles. The van der Waals surface area contributed by atoms with Gasteiger partial charge < -0.3 is 0 Å². The summed E-state index contributed by atoms with van der Waals surface area (Å²) in [5.74, 6) is 2.19. The Morgan fingerprint density at radius 2 is 1.70 bits per heavy atom. The third-order valence-electron chi connectivity index (χ3n) is 3.03. The fraction of sp³-hybridized carbons (Fsp3) is 0.118. The number of hydrogen-bond acceptors (Lipinski definition) is 3. The second-order valence-electron chi connectivity index (χ2n) is 4.58. The van der Waals surface area contributed by atoms with Crippen molar-refractivity contribution >= 4 is 5.57 Å². The molecule has 0 amide bonds. The van der Waals surface area contributed by atoms with E-state index < -0.39 is 0 Å². The molecule has 98 valence electrons. The van der Waals surface area contributed by atoms with Crippen molar-refractivity contribution in [3.05, 3.63) is 72.4 Å². The van der Waals surface area contributed by atoms with Crippen LogP contribution in [0.2, 0.25) is 0 Å². The van der Waals surface area contributed by atoms with E-state index in [0.717, 1.165) is 35.0 Å². The Hall–Kier alpha value is -2.55. The Morgan fingerprint density at radius 3 is 2.55 bits per heavy atom. The molecule has 0 unspecified atom stereocenters. The van der Waals surface area contributed by atoms with Crippen LogP contribution in [0.3, 0.4) is 0 Å². The first kappa shape index (κ1) is 12.5. The number of hydrogen-bond donors (Lipinski definition) is 0. The summed E-state index contributed by atoms with van der Waals surface area (Å²) in [5, 5.41) is 0. The van der Waals surface area contributed by atoms with Crippen LogP contribution in [-0.2, 0) is 0 Å². The molecule has 1 aliphatic rings. The maximum Gasteiger partial charge on any atom is 0.163 e. The molecule has 1 aromatic carbocycles. The smallest absolute Gasteiger partial charge is 0.163 e. The van der Waals surface area contributed by atoms with Crippen LogP contribution in [0.15, 0.2) is 60.7 Å². The Morgan fingerprint density at radius 1 is 0.900 bits per heavy atom. The van der Waals surface area contributed by atoms with Gasteiger partial charge in [0.25, 0.3) is 0 Å². The molecule has 0 aliphatic heterocycles. The predicted molar refractivity (Wildman–Crippen MR) is 80.9 cm³/mol. The normalized spacial score (nSPS) is 13.9. The third-order valence-corrected chi connectivity index (χ3v) is 3.03. The molecule has 1 heterocycles. The van der Waals surface area contributed by atoms with Crippen LogP contribution in [0.1, 0.15) is 18.1 Å². The number of aromatic nitrogens is 3. The molecule has 3 nitrogen and oxygen atoms in total. The van der Waals surface area contributed by atoms with E-state index in [4.69, 9.17) is 0 Å². The molecule has 0 saturated heterocycles. The summed E-state index contributed by atoms with van der Waals surface area (Å²) >= 11 is 0. The molecule has 3 rings (SSSR count). The van der Waals surface area contributed by atoms with Crippen LogP contribution in [-0.4, -0.2) is 15.0 Å². The van der Waals surface area contributed by atoms with Gasteiger partial charge in [0.15, 0.2) is 11.6 Å². The lowest BCUT2D eigenvalue weighted by Crippen LogP contribution is -2.01. The molecule has 0 N–H and O–H groups in total. The molecule has 20 heavy (non-hydrogen) atoms. The van der Waals surface area contributed by atoms with Gasteiger partial charge >= 0.3 is 0 Å². The van der Waals surface area contributed by atoms with Crippen molar-refractivity contribution in [2.45, 2.75) is 13.3 Å². The summed E-state index contributed by atoms with van der Waals surface area (Å²) in [6.07, 6.45) is 11.2. The Bertz CT molecular complexity index is 697. The third kappa shape index (κ3) is 2.72. The highest BCUT2D eigenvalue weighted by Crippen LogP contribution is 2.19. The van der Waals surface area contributed by atoms with Crippen LogP contribution in [0.25, 0.3) is 17.0 Å². The van der Waals surface area contributed by atoms with E-state index in [1.165, 1.54) is 0 Å². The van der Waals surface area contributed by atoms with E-state index in [1.54, 1.807) is 0 Å². The van der Waals surface area contributed by atoms with E-state index in [2.05, 4.69) is 27.1 Å². The highest BCUT2D eigenvalue weighted by atomic mass is 15.0. The van der Waals surface area contributed by atoms with Crippen molar-refractivity contribution in [2.75, 3.05) is 0 Å². The van der Waals surface area contributed by atoms with E-state index in [1.807, 2.05) is 55.5 Å². The minimum Gasteiger partial charge on any atom is -0.213 e. The quantitative estimate of drug-likeness (QED) is 0.826. The fourth-order valence-electron chi connectivity index (χ4n) is 2.07. The molecule has 0 spiro atoms. The van der Waals surface area contributed by atoms with Gasteiger partial charge in [0.2, 0.25) is 0 Å². The molecule has 1 aromatic heterocycles. The Labute approximate surface area is 118 Å². The van der Waals surface area contributed by atoms with Gasteiger partial charge in [-0.25, -0.2) is 15.0 Å². The van der Waals surface area contributed by atoms with Crippen molar-refractivity contribution < 1.29 is 0 Å². The lowest BCUT2D eigenvalue weighted by molar-refractivity contribution is 0.962. The molecular weight excluding hydrogens is 246 g/mol. The monoisotopic (exact) mass is 261 g/mol. The number of benzene rings is 1. The second kappa shape index (κ2) is 5.61. The lowest BCUT2D eigenvalue weighted by atomic mass is 10.2. The zero-order valence-electron chi connectivity index (χ0n) is 11.3. The van der Waals surface area contributed by atoms with Crippen molar-refractivity contribution in [1.29, 1.82) is 0 Å². The van der Waals surface area contributed by atoms with Gasteiger partial charge in [-0.1, -0.05) is 60.7 Å². The maximum absolute atomic E-state index is 4.60. The van der Waals surface area contributed by atoms with Gasteiger partial charge in [0, 0.05) is 11.1 Å². The van der Waals surface area contributed by atoms with Crippen molar-refractivity contribution in [1.82, 2.24) is 15.0 Å². The van der Waals surface area contributed by atoms with E-state index in [-0.39, 0.29) is 0 Å². The molecule has 0 fully saturated rings. The van der Waals surface area contributed by atoms with Gasteiger partial charge in [0.05, 0.1) is 0 Å². The summed E-state index contributed by atoms with van der Waals surface area (Å²) in [4.78, 5) is 13.5. The molecule has 3 heteroatoms. The molecule has 0 radical (unpaired) electrons. The first-order chi connectivity index (χ1) is 9.83. The van der Waals surface area contributed by atoms with Crippen LogP contribution >= 0.6 is 0 Å². The topological polar surface area (TPSA) is 38.7 Å². The first-order valence-corrected chi connectivity index (χ1v) is 6.65. The zero-order chi connectivity index (χ0) is 13.8. The van der Waals surface area contributed by atoms with Crippen molar-refractivity contribution in [3.8, 4) is 11.4 Å². The van der Waals surface area contributed by atoms with Crippen molar-refractivity contribution in [2.24, 2.45) is 0 Å². The largest absolute Gasteiger partial charge is 0.213 e. The molecule has 2 aromatic rings. The van der Waals surface area contributed by atoms with Crippen molar-refractivity contribution in [3.63, 3.8) is 0 Å². The van der Waals surface area contributed by atoms with Gasteiger partial charge in [-0.05, 0) is 13.3 Å². The zero-order valence-corrected chi connectivity index (χ0v) is 11.3. The summed E-state index contributed by atoms with van der Waals surface area (Å²) in [6.45, 7) is 1.90. The lowest BCUT2D eigenvalue weighted by Gasteiger charge is -2.05. The summed E-state index contributed by atoms with van der Waals surface area (Å²) in [7, 11) is 0. The number of rotatable bonds is 2. The Balaban J connectivity index is 2.05. The summed E-state index contributed by atoms with van der Waals surface area (Å²) in [5.41, 5.74) is 2.05. The minimum absolute atomic E-state index is 0.722. The van der Waals surface area contributed by atoms with Crippen LogP contribution in [0, 0.1) is 6.92 Å². The van der Waals surface area contributed by atoms with Gasteiger partial charge in [0.1, 0.15) is 5.82 Å². The molecule has 0 atom stereocenters. The van der Waals surface area contributed by atoms with Gasteiger partial charge in [-0.2, -0.15) is 0 Å². The van der Waals surface area contributed by atoms with Gasteiger partial charge in [-0.3, -0.25) is 0 Å². The van der Waals surface area contributed by atoms with Crippen LogP contribution in [0.4, 0.5) is 0 Å². The summed E-state index contributed by atoms with van der Waals surface area (Å²) in [6, 6.07) is 9.99. The summed E-state index contributed by atoms with van der Waals surface area (Å²) < 4.78 is 0. The maximum atomic E-state index is 4.60. The van der Waals surface area contributed by atoms with E-state index in [0.29, 0.717) is 0 Å². The highest BCUT2D eigenvalue weighted by molar-refractivity contribution is 5.71. The highest BCUT2D eigenvalue weighted by Gasteiger charge is 2.08. The average Bonchev–Trinajstić information content (AvgIpc) is 2.77. The SMILES string of the molecule is Cc1nc(C2=CCC=CC=C2)nc(-c2ccccc2)n1. The Kier molecular flexibility index (Phi) is 3.50. The molecule has 0 bridgehead atoms. The van der Waals surface area contributed by atoms with Crippen LogP contribution in [0.5, 0.6) is 0 Å². The number of aryl methyl sites for hydroxylation is 1. The predicted octanol–water partition coefficient (Wildman–Crippen LogP) is 3.75. The second-order valence-corrected chi connectivity index (χ2v) is 4.58. The number of nitrogens with zero attached hydrogens (tertiary/aromatic N) is 3. The fourth-order valence-corrected chi connectivity index (χ4v) is 2.07. The first-order valence-electron chi connectivity index (χ1n) is 6.65.